The molecule has 2 aromatic carbocycles. The van der Waals surface area contributed by atoms with Gasteiger partial charge in [-0.15, -0.1) is 0 Å². The van der Waals surface area contributed by atoms with Crippen LogP contribution in [0.3, 0.4) is 0 Å². The second-order valence-corrected chi connectivity index (χ2v) is 11.1. The van der Waals surface area contributed by atoms with Crippen molar-refractivity contribution < 1.29 is 18.0 Å². The number of carbonyl (C=O) groups excluding carboxylic acids is 1. The number of benzene rings is 2. The van der Waals surface area contributed by atoms with Crippen LogP contribution < -0.4 is 5.32 Å². The number of alkyl halides is 3. The lowest BCUT2D eigenvalue weighted by atomic mass is 10.0. The molecule has 0 radical (unpaired) electrons. The molecule has 4 aromatic rings. The van der Waals surface area contributed by atoms with Crippen molar-refractivity contribution in [3.8, 4) is 0 Å². The zero-order chi connectivity index (χ0) is 27.9. The first-order valence-electron chi connectivity index (χ1n) is 13.7. The SMILES string of the molecule is Cn1cnc(CN2CCC(NC(=O)c3ccc4[nH]c5c(c4c3)CN(Cc3ccc(C(F)(F)F)cc3)CC5)CC2)c1. The molecule has 1 saturated heterocycles. The van der Waals surface area contributed by atoms with Crippen LogP contribution in [0.1, 0.15) is 51.3 Å². The second kappa shape index (κ2) is 10.7. The number of fused-ring (bicyclic) bond motifs is 3. The molecule has 0 unspecified atom stereocenters. The molecule has 1 fully saturated rings. The smallest absolute Gasteiger partial charge is 0.358 e. The van der Waals surface area contributed by atoms with Gasteiger partial charge in [-0.05, 0) is 54.3 Å². The molecule has 2 aliphatic rings. The van der Waals surface area contributed by atoms with Gasteiger partial charge in [-0.2, -0.15) is 13.2 Å². The van der Waals surface area contributed by atoms with E-state index in [4.69, 9.17) is 0 Å². The summed E-state index contributed by atoms with van der Waals surface area (Å²) >= 11 is 0. The summed E-state index contributed by atoms with van der Waals surface area (Å²) in [6.45, 7) is 4.72. The molecule has 0 atom stereocenters. The molecule has 210 valence electrons. The number of halogens is 3. The van der Waals surface area contributed by atoms with Gasteiger partial charge in [0.05, 0.1) is 17.6 Å². The minimum atomic E-state index is -4.33. The van der Waals surface area contributed by atoms with Crippen LogP contribution in [0.15, 0.2) is 55.0 Å². The third kappa shape index (κ3) is 5.78. The zero-order valence-corrected chi connectivity index (χ0v) is 22.5. The van der Waals surface area contributed by atoms with Gasteiger partial charge in [0, 0.05) is 87.1 Å². The van der Waals surface area contributed by atoms with Crippen molar-refractivity contribution in [3.05, 3.63) is 88.6 Å². The molecule has 7 nitrogen and oxygen atoms in total. The van der Waals surface area contributed by atoms with Crippen molar-refractivity contribution >= 4 is 16.8 Å². The standard InChI is InChI=1S/C30H33F3N6O/c1-37-16-24(34-19-37)17-38-11-8-23(9-12-38)35-29(40)21-4-7-27-25(14-21)26-18-39(13-10-28(26)36-27)15-20-2-5-22(6-3-20)30(31,32)33/h2-7,14,16,19,23,36H,8-13,15,17-18H2,1H3,(H,35,40). The molecule has 0 bridgehead atoms. The molecule has 4 heterocycles. The van der Waals surface area contributed by atoms with Gasteiger partial charge < -0.3 is 14.9 Å². The zero-order valence-electron chi connectivity index (χ0n) is 22.5. The summed E-state index contributed by atoms with van der Waals surface area (Å²) in [6, 6.07) is 11.4. The van der Waals surface area contributed by atoms with Crippen molar-refractivity contribution in [1.29, 1.82) is 0 Å². The fourth-order valence-electron chi connectivity index (χ4n) is 5.89. The van der Waals surface area contributed by atoms with Gasteiger partial charge in [0.15, 0.2) is 0 Å². The van der Waals surface area contributed by atoms with Crippen LogP contribution in [0.2, 0.25) is 0 Å². The monoisotopic (exact) mass is 550 g/mol. The third-order valence-electron chi connectivity index (χ3n) is 8.07. The first-order valence-corrected chi connectivity index (χ1v) is 13.7. The number of hydrogen-bond donors (Lipinski definition) is 2. The molecular formula is C30H33F3N6O. The maximum absolute atomic E-state index is 13.2. The number of piperidine rings is 1. The van der Waals surface area contributed by atoms with Gasteiger partial charge in [0.1, 0.15) is 0 Å². The van der Waals surface area contributed by atoms with Crippen LogP contribution in [0.25, 0.3) is 10.9 Å². The number of rotatable bonds is 6. The quantitative estimate of drug-likeness (QED) is 0.360. The number of carbonyl (C=O) groups is 1. The van der Waals surface area contributed by atoms with Crippen molar-refractivity contribution in [1.82, 2.24) is 29.7 Å². The highest BCUT2D eigenvalue weighted by Crippen LogP contribution is 2.31. The summed E-state index contributed by atoms with van der Waals surface area (Å²) in [4.78, 5) is 25.7. The summed E-state index contributed by atoms with van der Waals surface area (Å²) in [7, 11) is 1.97. The number of aromatic nitrogens is 3. The van der Waals surface area contributed by atoms with Gasteiger partial charge in [0.2, 0.25) is 0 Å². The fourth-order valence-corrected chi connectivity index (χ4v) is 5.89. The van der Waals surface area contributed by atoms with Crippen molar-refractivity contribution in [2.75, 3.05) is 19.6 Å². The predicted octanol–water partition coefficient (Wildman–Crippen LogP) is 4.87. The summed E-state index contributed by atoms with van der Waals surface area (Å²) < 4.78 is 40.7. The highest BCUT2D eigenvalue weighted by Gasteiger charge is 2.30. The van der Waals surface area contributed by atoms with E-state index in [1.807, 2.05) is 42.3 Å². The summed E-state index contributed by atoms with van der Waals surface area (Å²) in [5, 5.41) is 4.26. The van der Waals surface area contributed by atoms with E-state index in [2.05, 4.69) is 25.1 Å². The lowest BCUT2D eigenvalue weighted by Gasteiger charge is -2.31. The maximum Gasteiger partial charge on any atom is 0.416 e. The molecule has 2 aromatic heterocycles. The Morgan fingerprint density at radius 3 is 2.52 bits per heavy atom. The molecule has 2 aliphatic heterocycles. The summed E-state index contributed by atoms with van der Waals surface area (Å²) in [6.07, 6.45) is 2.15. The molecular weight excluding hydrogens is 517 g/mol. The van der Waals surface area contributed by atoms with E-state index in [-0.39, 0.29) is 11.9 Å². The van der Waals surface area contributed by atoms with E-state index < -0.39 is 11.7 Å². The minimum Gasteiger partial charge on any atom is -0.358 e. The first kappa shape index (κ1) is 26.6. The van der Waals surface area contributed by atoms with Crippen LogP contribution >= 0.6 is 0 Å². The van der Waals surface area contributed by atoms with Crippen molar-refractivity contribution in [2.24, 2.45) is 7.05 Å². The predicted molar refractivity (Wildman–Crippen MR) is 147 cm³/mol. The van der Waals surface area contributed by atoms with E-state index in [0.29, 0.717) is 18.7 Å². The molecule has 1 amide bonds. The van der Waals surface area contributed by atoms with Crippen molar-refractivity contribution in [3.63, 3.8) is 0 Å². The van der Waals surface area contributed by atoms with Gasteiger partial charge >= 0.3 is 6.18 Å². The lowest BCUT2D eigenvalue weighted by Crippen LogP contribution is -2.44. The number of aromatic amines is 1. The highest BCUT2D eigenvalue weighted by molar-refractivity contribution is 5.99. The number of likely N-dealkylation sites (tertiary alicyclic amines) is 1. The molecule has 10 heteroatoms. The number of nitrogens with zero attached hydrogens (tertiary/aromatic N) is 4. The Bertz CT molecular complexity index is 1500. The van der Waals surface area contributed by atoms with E-state index in [9.17, 15) is 18.0 Å². The molecule has 2 N–H and O–H groups in total. The Kier molecular flexibility index (Phi) is 7.14. The van der Waals surface area contributed by atoms with Crippen molar-refractivity contribution in [2.45, 2.75) is 51.1 Å². The third-order valence-corrected chi connectivity index (χ3v) is 8.07. The average Bonchev–Trinajstić information content (AvgIpc) is 3.51. The fraction of sp³-hybridized carbons (Fsp3) is 0.400. The lowest BCUT2D eigenvalue weighted by molar-refractivity contribution is -0.137. The molecule has 0 spiro atoms. The first-order chi connectivity index (χ1) is 19.2. The Labute approximate surface area is 231 Å². The Hall–Kier alpha value is -3.63. The minimum absolute atomic E-state index is 0.0579. The number of aryl methyl sites for hydroxylation is 1. The van der Waals surface area contributed by atoms with Crippen LogP contribution in [0.4, 0.5) is 13.2 Å². The number of H-pyrrole nitrogens is 1. The van der Waals surface area contributed by atoms with E-state index >= 15 is 0 Å². The average molecular weight is 551 g/mol. The number of amides is 1. The van der Waals surface area contributed by atoms with Crippen LogP contribution in [-0.4, -0.2) is 55.9 Å². The van der Waals surface area contributed by atoms with E-state index in [1.165, 1.54) is 0 Å². The summed E-state index contributed by atoms with van der Waals surface area (Å²) in [5.41, 5.74) is 5.25. The number of nitrogens with one attached hydrogen (secondary N) is 2. The Morgan fingerprint density at radius 2 is 1.82 bits per heavy atom. The van der Waals surface area contributed by atoms with Crippen LogP contribution in [-0.2, 0) is 39.3 Å². The Morgan fingerprint density at radius 1 is 1.05 bits per heavy atom. The largest absolute Gasteiger partial charge is 0.416 e. The van der Waals surface area contributed by atoms with Gasteiger partial charge in [-0.1, -0.05) is 12.1 Å². The second-order valence-electron chi connectivity index (χ2n) is 11.1. The maximum atomic E-state index is 13.2. The number of imidazole rings is 1. The number of hydrogen-bond acceptors (Lipinski definition) is 4. The van der Waals surface area contributed by atoms with E-state index in [0.717, 1.165) is 91.0 Å². The molecule has 0 saturated carbocycles. The molecule has 6 rings (SSSR count). The van der Waals surface area contributed by atoms with Crippen LogP contribution in [0, 0.1) is 0 Å². The van der Waals surface area contributed by atoms with E-state index in [1.54, 1.807) is 12.1 Å². The topological polar surface area (TPSA) is 69.2 Å². The van der Waals surface area contributed by atoms with Crippen LogP contribution in [0.5, 0.6) is 0 Å². The normalized spacial score (nSPS) is 17.3. The highest BCUT2D eigenvalue weighted by atomic mass is 19.4. The molecule has 0 aliphatic carbocycles. The van der Waals surface area contributed by atoms with Gasteiger partial charge in [-0.25, -0.2) is 4.98 Å². The molecule has 40 heavy (non-hydrogen) atoms. The van der Waals surface area contributed by atoms with Gasteiger partial charge in [0.25, 0.3) is 5.91 Å². The summed E-state index contributed by atoms with van der Waals surface area (Å²) in [5.74, 6) is -0.0579. The van der Waals surface area contributed by atoms with Gasteiger partial charge in [-0.3, -0.25) is 14.6 Å². The Balaban J connectivity index is 1.08.